The molecule has 0 aliphatic rings. The first kappa shape index (κ1) is 9.02. The van der Waals surface area contributed by atoms with Crippen LogP contribution in [-0.4, -0.2) is 17.3 Å². The Morgan fingerprint density at radius 3 is 2.78 bits per heavy atom. The molecule has 0 aromatic carbocycles. The Hall–Kier alpha value is 0.0200. The second-order valence-electron chi connectivity index (χ2n) is 2.07. The van der Waals surface area contributed by atoms with Crippen LogP contribution in [0.2, 0.25) is 0 Å². The van der Waals surface area contributed by atoms with Crippen LogP contribution in [0.25, 0.3) is 0 Å². The summed E-state index contributed by atoms with van der Waals surface area (Å²) < 4.78 is 0. The zero-order valence-electron chi connectivity index (χ0n) is 6.09. The number of aldehydes is 1. The minimum absolute atomic E-state index is 0.191. The number of hydrogen-bond acceptors (Lipinski definition) is 2. The van der Waals surface area contributed by atoms with Crippen molar-refractivity contribution in [2.75, 3.05) is 5.75 Å². The van der Waals surface area contributed by atoms with E-state index in [9.17, 15) is 4.79 Å². The molecule has 9 heavy (non-hydrogen) atoms. The van der Waals surface area contributed by atoms with Crippen LogP contribution in [0.4, 0.5) is 0 Å². The third-order valence-electron chi connectivity index (χ3n) is 1.07. The smallest absolute Gasteiger partial charge is 0.132 e. The molecule has 1 nitrogen and oxygen atoms in total. The lowest BCUT2D eigenvalue weighted by Crippen LogP contribution is -1.97. The molecule has 1 unspecified atom stereocenters. The van der Waals surface area contributed by atoms with Gasteiger partial charge in [0.05, 0.1) is 5.25 Å². The highest BCUT2D eigenvalue weighted by molar-refractivity contribution is 8.00. The van der Waals surface area contributed by atoms with E-state index in [1.165, 1.54) is 12.8 Å². The van der Waals surface area contributed by atoms with Gasteiger partial charge in [0.2, 0.25) is 0 Å². The van der Waals surface area contributed by atoms with Gasteiger partial charge < -0.3 is 4.79 Å². The van der Waals surface area contributed by atoms with Crippen molar-refractivity contribution in [1.29, 1.82) is 0 Å². The first-order valence-electron chi connectivity index (χ1n) is 3.38. The van der Waals surface area contributed by atoms with E-state index in [0.29, 0.717) is 0 Å². The molecule has 0 spiro atoms. The Bertz CT molecular complexity index is 73.3. The summed E-state index contributed by atoms with van der Waals surface area (Å²) in [4.78, 5) is 10.1. The monoisotopic (exact) mass is 146 g/mol. The molecule has 2 heteroatoms. The Kier molecular flexibility index (Phi) is 6.16. The van der Waals surface area contributed by atoms with Gasteiger partial charge >= 0.3 is 0 Å². The number of rotatable bonds is 5. The Balaban J connectivity index is 2.96. The molecule has 0 aliphatic carbocycles. The minimum Gasteiger partial charge on any atom is -0.302 e. The van der Waals surface area contributed by atoms with Gasteiger partial charge in [-0.05, 0) is 19.1 Å². The predicted octanol–water partition coefficient (Wildman–Crippen LogP) is 2.11. The highest BCUT2D eigenvalue weighted by atomic mass is 32.2. The van der Waals surface area contributed by atoms with E-state index in [0.717, 1.165) is 12.0 Å². The lowest BCUT2D eigenvalue weighted by molar-refractivity contribution is -0.107. The van der Waals surface area contributed by atoms with E-state index in [2.05, 4.69) is 6.92 Å². The Morgan fingerprint density at radius 1 is 1.67 bits per heavy atom. The van der Waals surface area contributed by atoms with E-state index >= 15 is 0 Å². The fourth-order valence-electron chi connectivity index (χ4n) is 0.453. The average molecular weight is 146 g/mol. The summed E-state index contributed by atoms with van der Waals surface area (Å²) in [6.07, 6.45) is 3.45. The zero-order valence-corrected chi connectivity index (χ0v) is 6.91. The van der Waals surface area contributed by atoms with Gasteiger partial charge in [-0.3, -0.25) is 0 Å². The van der Waals surface area contributed by atoms with Crippen LogP contribution in [0, 0.1) is 0 Å². The van der Waals surface area contributed by atoms with Crippen molar-refractivity contribution in [2.45, 2.75) is 31.9 Å². The molecular weight excluding hydrogens is 132 g/mol. The van der Waals surface area contributed by atoms with Gasteiger partial charge in [-0.1, -0.05) is 13.3 Å². The lowest BCUT2D eigenvalue weighted by Gasteiger charge is -2.00. The van der Waals surface area contributed by atoms with E-state index in [1.807, 2.05) is 6.92 Å². The second kappa shape index (κ2) is 6.14. The fourth-order valence-corrected chi connectivity index (χ4v) is 1.36. The van der Waals surface area contributed by atoms with Gasteiger partial charge in [-0.2, -0.15) is 11.8 Å². The number of carbonyl (C=O) groups is 1. The van der Waals surface area contributed by atoms with E-state index in [-0.39, 0.29) is 5.25 Å². The van der Waals surface area contributed by atoms with Crippen molar-refractivity contribution in [2.24, 2.45) is 0 Å². The Labute approximate surface area is 61.2 Å². The fraction of sp³-hybridized carbons (Fsp3) is 0.857. The maximum atomic E-state index is 10.1. The van der Waals surface area contributed by atoms with Gasteiger partial charge in [0.15, 0.2) is 0 Å². The average Bonchev–Trinajstić information content (AvgIpc) is 1.89. The van der Waals surface area contributed by atoms with Gasteiger partial charge in [0, 0.05) is 0 Å². The van der Waals surface area contributed by atoms with Gasteiger partial charge in [-0.25, -0.2) is 0 Å². The van der Waals surface area contributed by atoms with Gasteiger partial charge in [0.1, 0.15) is 6.29 Å². The topological polar surface area (TPSA) is 17.1 Å². The lowest BCUT2D eigenvalue weighted by atomic mass is 10.4. The third-order valence-corrected chi connectivity index (χ3v) is 2.23. The molecule has 0 bridgehead atoms. The maximum absolute atomic E-state index is 10.1. The molecule has 0 rings (SSSR count). The first-order chi connectivity index (χ1) is 4.31. The van der Waals surface area contributed by atoms with Crippen molar-refractivity contribution in [1.82, 2.24) is 0 Å². The van der Waals surface area contributed by atoms with E-state index < -0.39 is 0 Å². The Morgan fingerprint density at radius 2 is 2.33 bits per heavy atom. The molecule has 0 heterocycles. The maximum Gasteiger partial charge on any atom is 0.132 e. The largest absolute Gasteiger partial charge is 0.302 e. The van der Waals surface area contributed by atoms with Crippen molar-refractivity contribution in [3.63, 3.8) is 0 Å². The van der Waals surface area contributed by atoms with Gasteiger partial charge in [0.25, 0.3) is 0 Å². The van der Waals surface area contributed by atoms with E-state index in [4.69, 9.17) is 0 Å². The van der Waals surface area contributed by atoms with Crippen LogP contribution in [0.1, 0.15) is 26.7 Å². The second-order valence-corrected chi connectivity index (χ2v) is 3.55. The molecule has 1 atom stereocenters. The molecule has 0 aromatic heterocycles. The summed E-state index contributed by atoms with van der Waals surface area (Å²) in [5, 5.41) is 0.191. The molecular formula is C7H14OS. The molecule has 54 valence electrons. The van der Waals surface area contributed by atoms with Crippen molar-refractivity contribution >= 4 is 18.0 Å². The van der Waals surface area contributed by atoms with E-state index in [1.54, 1.807) is 11.8 Å². The molecule has 0 fully saturated rings. The van der Waals surface area contributed by atoms with Gasteiger partial charge in [-0.15, -0.1) is 0 Å². The predicted molar refractivity (Wildman–Crippen MR) is 42.9 cm³/mol. The minimum atomic E-state index is 0.191. The zero-order chi connectivity index (χ0) is 7.11. The molecule has 0 aliphatic heterocycles. The number of unbranched alkanes of at least 4 members (excludes halogenated alkanes) is 1. The summed E-state index contributed by atoms with van der Waals surface area (Å²) in [6, 6.07) is 0. The SMILES string of the molecule is CCCCSC(C)C=O. The van der Waals surface area contributed by atoms with Crippen LogP contribution in [-0.2, 0) is 4.79 Å². The molecule has 0 N–H and O–H groups in total. The normalized spacial score (nSPS) is 13.1. The van der Waals surface area contributed by atoms with Crippen molar-refractivity contribution in [3.05, 3.63) is 0 Å². The standard InChI is InChI=1S/C7H14OS/c1-3-4-5-9-7(2)6-8/h6-7H,3-5H2,1-2H3. The number of carbonyl (C=O) groups excluding carboxylic acids is 1. The summed E-state index contributed by atoms with van der Waals surface area (Å²) in [5.41, 5.74) is 0. The summed E-state index contributed by atoms with van der Waals surface area (Å²) >= 11 is 1.73. The number of hydrogen-bond donors (Lipinski definition) is 0. The quantitative estimate of drug-likeness (QED) is 0.436. The molecule has 0 saturated heterocycles. The summed E-state index contributed by atoms with van der Waals surface area (Å²) in [5.74, 6) is 1.12. The van der Waals surface area contributed by atoms with Crippen LogP contribution in [0.5, 0.6) is 0 Å². The summed E-state index contributed by atoms with van der Waals surface area (Å²) in [6.45, 7) is 4.10. The first-order valence-corrected chi connectivity index (χ1v) is 4.43. The van der Waals surface area contributed by atoms with Crippen LogP contribution < -0.4 is 0 Å². The third kappa shape index (κ3) is 5.90. The molecule has 0 amide bonds. The van der Waals surface area contributed by atoms with Crippen molar-refractivity contribution in [3.8, 4) is 0 Å². The van der Waals surface area contributed by atoms with Crippen molar-refractivity contribution < 1.29 is 4.79 Å². The number of thioether (sulfide) groups is 1. The van der Waals surface area contributed by atoms with Crippen LogP contribution in [0.15, 0.2) is 0 Å². The highest BCUT2D eigenvalue weighted by Gasteiger charge is 1.96. The summed E-state index contributed by atoms with van der Waals surface area (Å²) in [7, 11) is 0. The molecule has 0 saturated carbocycles. The van der Waals surface area contributed by atoms with Crippen LogP contribution in [0.3, 0.4) is 0 Å². The van der Waals surface area contributed by atoms with Crippen LogP contribution >= 0.6 is 11.8 Å². The molecule has 0 radical (unpaired) electrons. The molecule has 0 aromatic rings. The highest BCUT2D eigenvalue weighted by Crippen LogP contribution is 2.09.